The Balaban J connectivity index is 3.01. The van der Waals surface area contributed by atoms with Crippen LogP contribution in [0, 0.1) is 11.3 Å². The summed E-state index contributed by atoms with van der Waals surface area (Å²) in [5.74, 6) is 0. The van der Waals surface area contributed by atoms with Crippen molar-refractivity contribution >= 4 is 11.6 Å². The van der Waals surface area contributed by atoms with Crippen LogP contribution in [-0.2, 0) is 0 Å². The number of nitriles is 1. The van der Waals surface area contributed by atoms with E-state index in [4.69, 9.17) is 16.9 Å². The molecule has 15 heavy (non-hydrogen) atoms. The van der Waals surface area contributed by atoms with Crippen LogP contribution in [0.1, 0.15) is 18.1 Å². The lowest BCUT2D eigenvalue weighted by Crippen LogP contribution is -2.24. The van der Waals surface area contributed by atoms with E-state index in [0.29, 0.717) is 0 Å². The Morgan fingerprint density at radius 1 is 1.60 bits per heavy atom. The molecular weight excluding hydrogens is 220 g/mol. The maximum Gasteiger partial charge on any atom is 0.253 e. The van der Waals surface area contributed by atoms with Crippen LogP contribution in [0.3, 0.4) is 0 Å². The molecule has 0 spiro atoms. The van der Waals surface area contributed by atoms with Gasteiger partial charge in [-0.25, -0.2) is 0 Å². The molecule has 5 nitrogen and oxygen atoms in total. The minimum atomic E-state index is -1.41. The van der Waals surface area contributed by atoms with Gasteiger partial charge in [0, 0.05) is 11.8 Å². The van der Waals surface area contributed by atoms with E-state index in [2.05, 4.69) is 4.98 Å². The van der Waals surface area contributed by atoms with Gasteiger partial charge in [-0.15, -0.1) is 0 Å². The van der Waals surface area contributed by atoms with Crippen LogP contribution in [-0.4, -0.2) is 21.3 Å². The van der Waals surface area contributed by atoms with Gasteiger partial charge in [0.1, 0.15) is 6.10 Å². The van der Waals surface area contributed by atoms with E-state index < -0.39 is 17.8 Å². The summed E-state index contributed by atoms with van der Waals surface area (Å²) in [6.45, 7) is 0. The highest BCUT2D eigenvalue weighted by atomic mass is 35.5. The molecule has 0 saturated carbocycles. The zero-order valence-electron chi connectivity index (χ0n) is 7.64. The van der Waals surface area contributed by atoms with Gasteiger partial charge in [-0.2, -0.15) is 5.26 Å². The lowest BCUT2D eigenvalue weighted by molar-refractivity contribution is 0.0208. The Kier molecular flexibility index (Phi) is 3.86. The number of hydrogen-bond acceptors (Lipinski definition) is 4. The summed E-state index contributed by atoms with van der Waals surface area (Å²) in [6.07, 6.45) is -1.69. The van der Waals surface area contributed by atoms with Crippen molar-refractivity contribution in [2.75, 3.05) is 0 Å². The molecular formula is C9H9ClN2O3. The second-order valence-electron chi connectivity index (χ2n) is 2.98. The zero-order chi connectivity index (χ0) is 11.4. The number of H-pyrrole nitrogens is 1. The largest absolute Gasteiger partial charge is 0.389 e. The average molecular weight is 229 g/mol. The first-order chi connectivity index (χ1) is 7.06. The molecule has 2 atom stereocenters. The molecule has 0 fully saturated rings. The number of nitrogens with one attached hydrogen (secondary N) is 1. The van der Waals surface area contributed by atoms with Gasteiger partial charge in [-0.1, -0.05) is 11.6 Å². The van der Waals surface area contributed by atoms with E-state index in [0.717, 1.165) is 0 Å². The molecule has 0 amide bonds. The fourth-order valence-electron chi connectivity index (χ4n) is 1.11. The predicted molar refractivity (Wildman–Crippen MR) is 53.3 cm³/mol. The zero-order valence-corrected chi connectivity index (χ0v) is 8.40. The van der Waals surface area contributed by atoms with Gasteiger partial charge < -0.3 is 15.2 Å². The molecule has 3 N–H and O–H groups in total. The monoisotopic (exact) mass is 228 g/mol. The van der Waals surface area contributed by atoms with Gasteiger partial charge in [-0.05, 0) is 6.07 Å². The summed E-state index contributed by atoms with van der Waals surface area (Å²) in [6, 6.07) is 2.95. The summed E-state index contributed by atoms with van der Waals surface area (Å²) in [5, 5.41) is 27.4. The van der Waals surface area contributed by atoms with Crippen LogP contribution in [0.2, 0.25) is 5.02 Å². The molecule has 80 valence electrons. The summed E-state index contributed by atoms with van der Waals surface area (Å²) in [7, 11) is 0. The standard InChI is InChI=1S/C9H9ClN2O3/c10-5-3-6(9(15)12-4-5)8(14)7(13)1-2-11/h3-4,7-8,13-14H,1H2,(H,12,15). The molecule has 0 aliphatic heterocycles. The summed E-state index contributed by atoms with van der Waals surface area (Å²) >= 11 is 5.61. The molecule has 0 aromatic carbocycles. The summed E-state index contributed by atoms with van der Waals surface area (Å²) in [5.41, 5.74) is -0.589. The molecule has 6 heteroatoms. The molecule has 0 radical (unpaired) electrons. The number of hydrogen-bond donors (Lipinski definition) is 3. The maximum atomic E-state index is 11.3. The number of rotatable bonds is 3. The normalized spacial score (nSPS) is 14.3. The third-order valence-electron chi connectivity index (χ3n) is 1.88. The second kappa shape index (κ2) is 4.94. The Labute approximate surface area is 90.6 Å². The number of halogens is 1. The Bertz CT molecular complexity index is 438. The van der Waals surface area contributed by atoms with Gasteiger partial charge >= 0.3 is 0 Å². The van der Waals surface area contributed by atoms with Crippen molar-refractivity contribution in [1.82, 2.24) is 4.98 Å². The minimum absolute atomic E-state index is 0.0507. The minimum Gasteiger partial charge on any atom is -0.389 e. The highest BCUT2D eigenvalue weighted by Crippen LogP contribution is 2.17. The SMILES string of the molecule is N#CCC(O)C(O)c1cc(Cl)c[nH]c1=O. The highest BCUT2D eigenvalue weighted by Gasteiger charge is 2.21. The topological polar surface area (TPSA) is 97.1 Å². The molecule has 1 heterocycles. The number of pyridine rings is 1. The Morgan fingerprint density at radius 2 is 2.27 bits per heavy atom. The molecule has 0 saturated heterocycles. The molecule has 0 aliphatic rings. The van der Waals surface area contributed by atoms with Crippen molar-refractivity contribution in [2.45, 2.75) is 18.6 Å². The lowest BCUT2D eigenvalue weighted by Gasteiger charge is -2.14. The molecule has 1 aromatic heterocycles. The Hall–Kier alpha value is -1.35. The van der Waals surface area contributed by atoms with E-state index in [9.17, 15) is 15.0 Å². The summed E-state index contributed by atoms with van der Waals surface area (Å²) in [4.78, 5) is 13.6. The van der Waals surface area contributed by atoms with E-state index in [1.807, 2.05) is 0 Å². The molecule has 0 bridgehead atoms. The Morgan fingerprint density at radius 3 is 2.87 bits per heavy atom. The van der Waals surface area contributed by atoms with Crippen LogP contribution >= 0.6 is 11.6 Å². The van der Waals surface area contributed by atoms with E-state index in [-0.39, 0.29) is 17.0 Å². The fourth-order valence-corrected chi connectivity index (χ4v) is 1.28. The molecule has 1 aromatic rings. The first-order valence-corrected chi connectivity index (χ1v) is 4.55. The van der Waals surface area contributed by atoms with Crippen molar-refractivity contribution in [3.05, 3.63) is 33.2 Å². The van der Waals surface area contributed by atoms with Crippen molar-refractivity contribution in [1.29, 1.82) is 5.26 Å². The van der Waals surface area contributed by atoms with E-state index >= 15 is 0 Å². The van der Waals surface area contributed by atoms with Crippen LogP contribution in [0.5, 0.6) is 0 Å². The number of nitrogens with zero attached hydrogens (tertiary/aromatic N) is 1. The number of aromatic amines is 1. The summed E-state index contributed by atoms with van der Waals surface area (Å²) < 4.78 is 0. The van der Waals surface area contributed by atoms with Crippen molar-refractivity contribution in [2.24, 2.45) is 0 Å². The van der Waals surface area contributed by atoms with Crippen molar-refractivity contribution < 1.29 is 10.2 Å². The first kappa shape index (κ1) is 11.7. The van der Waals surface area contributed by atoms with Crippen LogP contribution < -0.4 is 5.56 Å². The van der Waals surface area contributed by atoms with Gasteiger partial charge in [0.05, 0.1) is 23.6 Å². The lowest BCUT2D eigenvalue weighted by atomic mass is 10.0. The third-order valence-corrected chi connectivity index (χ3v) is 2.10. The predicted octanol–water partition coefficient (Wildman–Crippen LogP) is 0.336. The molecule has 1 rings (SSSR count). The van der Waals surface area contributed by atoms with Crippen molar-refractivity contribution in [3.63, 3.8) is 0 Å². The van der Waals surface area contributed by atoms with E-state index in [1.165, 1.54) is 12.3 Å². The fraction of sp³-hybridized carbons (Fsp3) is 0.333. The average Bonchev–Trinajstić information content (AvgIpc) is 2.21. The highest BCUT2D eigenvalue weighted by molar-refractivity contribution is 6.30. The second-order valence-corrected chi connectivity index (χ2v) is 3.41. The maximum absolute atomic E-state index is 11.3. The number of aliphatic hydroxyl groups excluding tert-OH is 2. The third kappa shape index (κ3) is 2.80. The number of aromatic nitrogens is 1. The van der Waals surface area contributed by atoms with E-state index in [1.54, 1.807) is 6.07 Å². The quantitative estimate of drug-likeness (QED) is 0.695. The first-order valence-electron chi connectivity index (χ1n) is 4.17. The van der Waals surface area contributed by atoms with Crippen LogP contribution in [0.4, 0.5) is 0 Å². The smallest absolute Gasteiger partial charge is 0.253 e. The van der Waals surface area contributed by atoms with Gasteiger partial charge in [-0.3, -0.25) is 4.79 Å². The van der Waals surface area contributed by atoms with Gasteiger partial charge in [0.15, 0.2) is 0 Å². The van der Waals surface area contributed by atoms with Gasteiger partial charge in [0.2, 0.25) is 0 Å². The number of aliphatic hydroxyl groups is 2. The van der Waals surface area contributed by atoms with Crippen LogP contribution in [0.25, 0.3) is 0 Å². The molecule has 0 aliphatic carbocycles. The molecule has 2 unspecified atom stereocenters. The van der Waals surface area contributed by atoms with Gasteiger partial charge in [0.25, 0.3) is 5.56 Å². The van der Waals surface area contributed by atoms with Crippen LogP contribution in [0.15, 0.2) is 17.1 Å². The van der Waals surface area contributed by atoms with Crippen molar-refractivity contribution in [3.8, 4) is 6.07 Å².